The van der Waals surface area contributed by atoms with Crippen molar-refractivity contribution in [2.45, 2.75) is 58.0 Å². The predicted molar refractivity (Wildman–Crippen MR) is 85.1 cm³/mol. The Morgan fingerprint density at radius 1 is 1.19 bits per heavy atom. The lowest BCUT2D eigenvalue weighted by Crippen LogP contribution is -2.40. The largest absolute Gasteiger partial charge is 0.294 e. The van der Waals surface area contributed by atoms with E-state index in [-0.39, 0.29) is 5.91 Å². The number of aliphatic imine (C=N–C) groups is 1. The summed E-state index contributed by atoms with van der Waals surface area (Å²) in [7, 11) is 0. The second-order valence-corrected chi connectivity index (χ2v) is 6.74. The van der Waals surface area contributed by atoms with Crippen LogP contribution in [0.25, 0.3) is 0 Å². The standard InChI is InChI=1S/C18H24N2O/c1-14(2)12-16-19-18(10-6-7-11-18)17(21)20(16)13-15-8-4-3-5-9-15/h3-5,8-9,14H,6-7,10-13H2,1-2H3. The van der Waals surface area contributed by atoms with Gasteiger partial charge in [-0.25, -0.2) is 0 Å². The van der Waals surface area contributed by atoms with Crippen LogP contribution in [0.15, 0.2) is 35.3 Å². The van der Waals surface area contributed by atoms with E-state index < -0.39 is 5.54 Å². The lowest BCUT2D eigenvalue weighted by molar-refractivity contribution is -0.131. The Labute approximate surface area is 127 Å². The lowest BCUT2D eigenvalue weighted by Gasteiger charge is -2.23. The molecular weight excluding hydrogens is 260 g/mol. The molecule has 1 heterocycles. The van der Waals surface area contributed by atoms with Gasteiger partial charge in [0.25, 0.3) is 5.91 Å². The van der Waals surface area contributed by atoms with Crippen molar-refractivity contribution < 1.29 is 4.79 Å². The maximum Gasteiger partial charge on any atom is 0.256 e. The molecule has 2 aliphatic rings. The Balaban J connectivity index is 1.86. The van der Waals surface area contributed by atoms with Gasteiger partial charge in [-0.15, -0.1) is 0 Å². The molecule has 0 unspecified atom stereocenters. The predicted octanol–water partition coefficient (Wildman–Crippen LogP) is 3.79. The Hall–Kier alpha value is -1.64. The number of carbonyl (C=O) groups is 1. The van der Waals surface area contributed by atoms with Gasteiger partial charge in [-0.05, 0) is 24.3 Å². The van der Waals surface area contributed by atoms with Crippen molar-refractivity contribution >= 4 is 11.7 Å². The minimum Gasteiger partial charge on any atom is -0.294 e. The van der Waals surface area contributed by atoms with Gasteiger partial charge >= 0.3 is 0 Å². The van der Waals surface area contributed by atoms with Crippen LogP contribution in [-0.4, -0.2) is 22.2 Å². The van der Waals surface area contributed by atoms with Crippen molar-refractivity contribution in [2.24, 2.45) is 10.9 Å². The first-order valence-corrected chi connectivity index (χ1v) is 8.05. The molecule has 1 aromatic rings. The van der Waals surface area contributed by atoms with Crippen LogP contribution in [0, 0.1) is 5.92 Å². The molecule has 3 rings (SSSR count). The Morgan fingerprint density at radius 3 is 2.48 bits per heavy atom. The van der Waals surface area contributed by atoms with Crippen molar-refractivity contribution in [1.29, 1.82) is 0 Å². The Morgan fingerprint density at radius 2 is 1.86 bits per heavy atom. The fraction of sp³-hybridized carbons (Fsp3) is 0.556. The van der Waals surface area contributed by atoms with E-state index in [4.69, 9.17) is 4.99 Å². The molecule has 0 radical (unpaired) electrons. The third-order valence-electron chi connectivity index (χ3n) is 4.50. The smallest absolute Gasteiger partial charge is 0.256 e. The summed E-state index contributed by atoms with van der Waals surface area (Å²) < 4.78 is 0. The highest BCUT2D eigenvalue weighted by Crippen LogP contribution is 2.40. The molecule has 3 heteroatoms. The van der Waals surface area contributed by atoms with Crippen LogP contribution in [0.5, 0.6) is 0 Å². The molecule has 1 amide bonds. The number of amidine groups is 1. The van der Waals surface area contributed by atoms with Crippen LogP contribution in [0.1, 0.15) is 51.5 Å². The van der Waals surface area contributed by atoms with Crippen LogP contribution in [0.3, 0.4) is 0 Å². The lowest BCUT2D eigenvalue weighted by atomic mass is 9.98. The molecule has 0 bridgehead atoms. The monoisotopic (exact) mass is 284 g/mol. The van der Waals surface area contributed by atoms with Crippen LogP contribution in [0.4, 0.5) is 0 Å². The fourth-order valence-electron chi connectivity index (χ4n) is 3.46. The van der Waals surface area contributed by atoms with Crippen molar-refractivity contribution in [3.05, 3.63) is 35.9 Å². The number of nitrogens with zero attached hydrogens (tertiary/aromatic N) is 2. The van der Waals surface area contributed by atoms with Crippen molar-refractivity contribution in [2.75, 3.05) is 0 Å². The topological polar surface area (TPSA) is 32.7 Å². The zero-order valence-electron chi connectivity index (χ0n) is 13.0. The molecule has 1 aliphatic heterocycles. The molecule has 0 atom stereocenters. The van der Waals surface area contributed by atoms with E-state index in [0.29, 0.717) is 12.5 Å². The number of hydrogen-bond donors (Lipinski definition) is 0. The van der Waals surface area contributed by atoms with Gasteiger partial charge in [-0.3, -0.25) is 14.7 Å². The molecular formula is C18H24N2O. The maximum atomic E-state index is 12.9. The SMILES string of the molecule is CC(C)CC1=NC2(CCCC2)C(=O)N1Cc1ccccc1. The van der Waals surface area contributed by atoms with Crippen molar-refractivity contribution in [3.63, 3.8) is 0 Å². The highest BCUT2D eigenvalue weighted by Gasteiger charge is 2.49. The highest BCUT2D eigenvalue weighted by atomic mass is 16.2. The normalized spacial score (nSPS) is 20.6. The minimum atomic E-state index is -0.418. The maximum absolute atomic E-state index is 12.9. The van der Waals surface area contributed by atoms with Gasteiger partial charge in [0.2, 0.25) is 0 Å². The summed E-state index contributed by atoms with van der Waals surface area (Å²) in [5.41, 5.74) is 0.760. The first-order valence-electron chi connectivity index (χ1n) is 8.05. The zero-order chi connectivity index (χ0) is 14.9. The van der Waals surface area contributed by atoms with Crippen molar-refractivity contribution in [1.82, 2.24) is 4.90 Å². The van der Waals surface area contributed by atoms with Crippen LogP contribution in [-0.2, 0) is 11.3 Å². The summed E-state index contributed by atoms with van der Waals surface area (Å²) in [5, 5.41) is 0. The van der Waals surface area contributed by atoms with Gasteiger partial charge in [-0.1, -0.05) is 57.0 Å². The molecule has 1 aliphatic carbocycles. The van der Waals surface area contributed by atoms with E-state index in [0.717, 1.165) is 37.9 Å². The quantitative estimate of drug-likeness (QED) is 0.828. The Kier molecular flexibility index (Phi) is 3.83. The molecule has 1 fully saturated rings. The van der Waals surface area contributed by atoms with Crippen LogP contribution in [0.2, 0.25) is 0 Å². The van der Waals surface area contributed by atoms with E-state index >= 15 is 0 Å². The molecule has 21 heavy (non-hydrogen) atoms. The van der Waals surface area contributed by atoms with Gasteiger partial charge in [0, 0.05) is 6.42 Å². The molecule has 0 N–H and O–H groups in total. The van der Waals surface area contributed by atoms with E-state index in [2.05, 4.69) is 26.0 Å². The molecule has 1 saturated carbocycles. The number of benzene rings is 1. The average molecular weight is 284 g/mol. The Bertz CT molecular complexity index is 542. The molecule has 3 nitrogen and oxygen atoms in total. The van der Waals surface area contributed by atoms with E-state index in [1.54, 1.807) is 0 Å². The fourth-order valence-corrected chi connectivity index (χ4v) is 3.46. The molecule has 0 saturated heterocycles. The molecule has 1 aromatic carbocycles. The van der Waals surface area contributed by atoms with Crippen LogP contribution >= 0.6 is 0 Å². The first kappa shape index (κ1) is 14.3. The van der Waals surface area contributed by atoms with E-state index in [1.807, 2.05) is 23.1 Å². The van der Waals surface area contributed by atoms with Crippen molar-refractivity contribution in [3.8, 4) is 0 Å². The molecule has 0 aromatic heterocycles. The second kappa shape index (κ2) is 5.63. The van der Waals surface area contributed by atoms with Crippen LogP contribution < -0.4 is 0 Å². The molecule has 1 spiro atoms. The van der Waals surface area contributed by atoms with Gasteiger partial charge in [0.1, 0.15) is 11.4 Å². The summed E-state index contributed by atoms with van der Waals surface area (Å²) in [6.07, 6.45) is 5.00. The number of rotatable bonds is 4. The third kappa shape index (κ3) is 2.74. The minimum absolute atomic E-state index is 0.236. The summed E-state index contributed by atoms with van der Waals surface area (Å²) in [6, 6.07) is 10.2. The van der Waals surface area contributed by atoms with Gasteiger partial charge in [0.15, 0.2) is 0 Å². The average Bonchev–Trinajstić information content (AvgIpc) is 3.02. The zero-order valence-corrected chi connectivity index (χ0v) is 13.0. The third-order valence-corrected chi connectivity index (χ3v) is 4.50. The second-order valence-electron chi connectivity index (χ2n) is 6.74. The number of hydrogen-bond acceptors (Lipinski definition) is 2. The van der Waals surface area contributed by atoms with Gasteiger partial charge < -0.3 is 0 Å². The summed E-state index contributed by atoms with van der Waals surface area (Å²) in [4.78, 5) is 19.8. The summed E-state index contributed by atoms with van der Waals surface area (Å²) in [6.45, 7) is 5.04. The first-order chi connectivity index (χ1) is 10.1. The van der Waals surface area contributed by atoms with E-state index in [9.17, 15) is 4.79 Å². The van der Waals surface area contributed by atoms with Gasteiger partial charge in [-0.2, -0.15) is 0 Å². The highest BCUT2D eigenvalue weighted by molar-refractivity contribution is 6.08. The molecule has 112 valence electrons. The number of amides is 1. The number of carbonyl (C=O) groups excluding carboxylic acids is 1. The summed E-state index contributed by atoms with van der Waals surface area (Å²) >= 11 is 0. The van der Waals surface area contributed by atoms with Gasteiger partial charge in [0.05, 0.1) is 6.54 Å². The summed E-state index contributed by atoms with van der Waals surface area (Å²) in [5.74, 6) is 1.76. The van der Waals surface area contributed by atoms with E-state index in [1.165, 1.54) is 5.56 Å².